The Balaban J connectivity index is 1.43. The molecule has 1 amide bonds. The largest absolute Gasteiger partial charge is 0.494 e. The van der Waals surface area contributed by atoms with Crippen LogP contribution < -0.4 is 15.0 Å². The highest BCUT2D eigenvalue weighted by molar-refractivity contribution is 7.22. The van der Waals surface area contributed by atoms with Crippen molar-refractivity contribution in [1.29, 1.82) is 0 Å². The smallest absolute Gasteiger partial charge is 0.225 e. The summed E-state index contributed by atoms with van der Waals surface area (Å²) < 4.78 is 6.75. The van der Waals surface area contributed by atoms with Crippen LogP contribution in [0.25, 0.3) is 10.2 Å². The normalized spacial score (nSPS) is 25.6. The molecule has 0 bridgehead atoms. The molecule has 2 heterocycles. The summed E-state index contributed by atoms with van der Waals surface area (Å²) >= 11 is 1.70. The Kier molecular flexibility index (Phi) is 6.04. The number of fused-ring (bicyclic) bond motifs is 1. The van der Waals surface area contributed by atoms with Gasteiger partial charge in [0, 0.05) is 19.1 Å². The standard InChI is InChI=1S/C22H31N3O2S/c1-3-27-17-10-11-19-20(13-17)28-22(24-19)25-12-6-8-16(14-25)21(26)23-18-9-5-4-7-15(18)2/h10-11,13,15-16,18H,3-9,12,14H2,1-2H3,(H,23,26)/t15-,16+,18+/m1/s1. The van der Waals surface area contributed by atoms with Crippen LogP contribution in [0.4, 0.5) is 5.13 Å². The second-order valence-corrected chi connectivity index (χ2v) is 9.23. The third-order valence-electron chi connectivity index (χ3n) is 6.16. The third-order valence-corrected chi connectivity index (χ3v) is 7.24. The summed E-state index contributed by atoms with van der Waals surface area (Å²) in [5.41, 5.74) is 1.01. The molecule has 2 fully saturated rings. The predicted molar refractivity (Wildman–Crippen MR) is 115 cm³/mol. The first-order valence-electron chi connectivity index (χ1n) is 10.7. The number of amides is 1. The number of ether oxygens (including phenoxy) is 1. The molecule has 1 aliphatic heterocycles. The quantitative estimate of drug-likeness (QED) is 0.795. The number of carbonyl (C=O) groups is 1. The molecule has 2 aliphatic rings. The summed E-state index contributed by atoms with van der Waals surface area (Å²) in [5, 5.41) is 4.38. The second kappa shape index (κ2) is 8.68. The average Bonchev–Trinajstić information content (AvgIpc) is 3.13. The number of rotatable bonds is 5. The number of benzene rings is 1. The molecule has 1 aromatic carbocycles. The Morgan fingerprint density at radius 1 is 1.29 bits per heavy atom. The van der Waals surface area contributed by atoms with Crippen molar-refractivity contribution in [3.63, 3.8) is 0 Å². The van der Waals surface area contributed by atoms with Crippen molar-refractivity contribution in [2.45, 2.75) is 58.4 Å². The molecule has 1 saturated carbocycles. The highest BCUT2D eigenvalue weighted by Gasteiger charge is 2.30. The van der Waals surface area contributed by atoms with E-state index in [1.807, 2.05) is 19.1 Å². The summed E-state index contributed by atoms with van der Waals surface area (Å²) in [6.45, 7) is 6.68. The van der Waals surface area contributed by atoms with E-state index in [9.17, 15) is 4.79 Å². The fourth-order valence-electron chi connectivity index (χ4n) is 4.48. The van der Waals surface area contributed by atoms with Gasteiger partial charge in [-0.3, -0.25) is 4.79 Å². The molecule has 1 N–H and O–H groups in total. The maximum absolute atomic E-state index is 12.9. The number of carbonyl (C=O) groups excluding carboxylic acids is 1. The second-order valence-electron chi connectivity index (χ2n) is 8.22. The highest BCUT2D eigenvalue weighted by atomic mass is 32.1. The van der Waals surface area contributed by atoms with Crippen molar-refractivity contribution in [3.05, 3.63) is 18.2 Å². The lowest BCUT2D eigenvalue weighted by molar-refractivity contribution is -0.126. The van der Waals surface area contributed by atoms with Crippen molar-refractivity contribution in [1.82, 2.24) is 10.3 Å². The Morgan fingerprint density at radius 3 is 2.96 bits per heavy atom. The average molecular weight is 402 g/mol. The first kappa shape index (κ1) is 19.5. The predicted octanol–water partition coefficient (Wildman–Crippen LogP) is 4.61. The van der Waals surface area contributed by atoms with E-state index in [1.54, 1.807) is 11.3 Å². The number of anilines is 1. The van der Waals surface area contributed by atoms with Gasteiger partial charge in [-0.15, -0.1) is 0 Å². The van der Waals surface area contributed by atoms with Gasteiger partial charge in [0.2, 0.25) is 5.91 Å². The molecule has 5 nitrogen and oxygen atoms in total. The van der Waals surface area contributed by atoms with E-state index in [0.717, 1.165) is 53.4 Å². The van der Waals surface area contributed by atoms with Gasteiger partial charge in [-0.1, -0.05) is 31.1 Å². The fraction of sp³-hybridized carbons (Fsp3) is 0.636. The molecule has 1 aliphatic carbocycles. The maximum Gasteiger partial charge on any atom is 0.225 e. The minimum Gasteiger partial charge on any atom is -0.494 e. The van der Waals surface area contributed by atoms with Crippen LogP contribution in [-0.2, 0) is 4.79 Å². The molecule has 3 atom stereocenters. The zero-order valence-electron chi connectivity index (χ0n) is 16.9. The minimum atomic E-state index is 0.0638. The van der Waals surface area contributed by atoms with Crippen molar-refractivity contribution < 1.29 is 9.53 Å². The number of hydrogen-bond acceptors (Lipinski definition) is 5. The third kappa shape index (κ3) is 4.27. The van der Waals surface area contributed by atoms with Crippen molar-refractivity contribution >= 4 is 32.6 Å². The molecule has 2 aromatic rings. The Hall–Kier alpha value is -1.82. The molecule has 1 saturated heterocycles. The van der Waals surface area contributed by atoms with Gasteiger partial charge >= 0.3 is 0 Å². The molecular formula is C22H31N3O2S. The molecular weight excluding hydrogens is 370 g/mol. The van der Waals surface area contributed by atoms with E-state index >= 15 is 0 Å². The lowest BCUT2D eigenvalue weighted by Crippen LogP contribution is -2.48. The molecule has 28 heavy (non-hydrogen) atoms. The van der Waals surface area contributed by atoms with E-state index in [-0.39, 0.29) is 11.8 Å². The number of nitrogens with one attached hydrogen (secondary N) is 1. The van der Waals surface area contributed by atoms with E-state index in [2.05, 4.69) is 23.2 Å². The summed E-state index contributed by atoms with van der Waals surface area (Å²) in [5.74, 6) is 1.79. The van der Waals surface area contributed by atoms with Gasteiger partial charge < -0.3 is 15.0 Å². The first-order valence-corrected chi connectivity index (χ1v) is 11.5. The van der Waals surface area contributed by atoms with Crippen molar-refractivity contribution in [2.75, 3.05) is 24.6 Å². The molecule has 6 heteroatoms. The number of piperidine rings is 1. The number of aromatic nitrogens is 1. The first-order chi connectivity index (χ1) is 13.6. The van der Waals surface area contributed by atoms with Crippen LogP contribution in [0.2, 0.25) is 0 Å². The van der Waals surface area contributed by atoms with Gasteiger partial charge in [0.1, 0.15) is 5.75 Å². The number of thiazole rings is 1. The minimum absolute atomic E-state index is 0.0638. The van der Waals surface area contributed by atoms with Crippen LogP contribution in [0.1, 0.15) is 52.4 Å². The van der Waals surface area contributed by atoms with Crippen LogP contribution in [0.5, 0.6) is 5.75 Å². The molecule has 152 valence electrons. The number of nitrogens with zero attached hydrogens (tertiary/aromatic N) is 2. The maximum atomic E-state index is 12.9. The van der Waals surface area contributed by atoms with Gasteiger partial charge in [0.15, 0.2) is 5.13 Å². The fourth-order valence-corrected chi connectivity index (χ4v) is 5.51. The topological polar surface area (TPSA) is 54.5 Å². The lowest BCUT2D eigenvalue weighted by Gasteiger charge is -2.35. The molecule has 0 radical (unpaired) electrons. The summed E-state index contributed by atoms with van der Waals surface area (Å²) in [6, 6.07) is 6.43. The summed E-state index contributed by atoms with van der Waals surface area (Å²) in [7, 11) is 0. The zero-order valence-corrected chi connectivity index (χ0v) is 17.8. The van der Waals surface area contributed by atoms with Crippen LogP contribution in [0, 0.1) is 11.8 Å². The molecule has 1 aromatic heterocycles. The van der Waals surface area contributed by atoms with E-state index in [1.165, 1.54) is 19.3 Å². The molecule has 0 spiro atoms. The monoisotopic (exact) mass is 401 g/mol. The Morgan fingerprint density at radius 2 is 2.14 bits per heavy atom. The van der Waals surface area contributed by atoms with Crippen LogP contribution in [0.15, 0.2) is 18.2 Å². The van der Waals surface area contributed by atoms with Gasteiger partial charge in [0.05, 0.1) is 22.7 Å². The van der Waals surface area contributed by atoms with E-state index < -0.39 is 0 Å². The number of hydrogen-bond donors (Lipinski definition) is 1. The lowest BCUT2D eigenvalue weighted by atomic mass is 9.85. The Labute approximate surface area is 171 Å². The van der Waals surface area contributed by atoms with E-state index in [0.29, 0.717) is 18.6 Å². The molecule has 0 unspecified atom stereocenters. The van der Waals surface area contributed by atoms with Crippen molar-refractivity contribution in [2.24, 2.45) is 11.8 Å². The van der Waals surface area contributed by atoms with Crippen LogP contribution >= 0.6 is 11.3 Å². The Bertz CT molecular complexity index is 821. The van der Waals surface area contributed by atoms with Crippen LogP contribution in [-0.4, -0.2) is 36.6 Å². The molecule has 4 rings (SSSR count). The van der Waals surface area contributed by atoms with Crippen LogP contribution in [0.3, 0.4) is 0 Å². The van der Waals surface area contributed by atoms with Gasteiger partial charge in [-0.2, -0.15) is 0 Å². The summed E-state index contributed by atoms with van der Waals surface area (Å²) in [6.07, 6.45) is 6.91. The van der Waals surface area contributed by atoms with Gasteiger partial charge in [0.25, 0.3) is 0 Å². The van der Waals surface area contributed by atoms with Gasteiger partial charge in [-0.05, 0) is 56.7 Å². The zero-order chi connectivity index (χ0) is 19.5. The SMILES string of the molecule is CCOc1ccc2nc(N3CCC[C@H](C(=O)N[C@H]4CCCC[C@H]4C)C3)sc2c1. The summed E-state index contributed by atoms with van der Waals surface area (Å²) in [4.78, 5) is 20.0. The highest BCUT2D eigenvalue weighted by Crippen LogP contribution is 2.34. The van der Waals surface area contributed by atoms with E-state index in [4.69, 9.17) is 9.72 Å². The van der Waals surface area contributed by atoms with Crippen molar-refractivity contribution in [3.8, 4) is 5.75 Å². The van der Waals surface area contributed by atoms with Gasteiger partial charge in [-0.25, -0.2) is 4.98 Å².